The van der Waals surface area contributed by atoms with Gasteiger partial charge in [-0.05, 0) is 30.7 Å². The average Bonchev–Trinajstić information content (AvgIpc) is 2.59. The van der Waals surface area contributed by atoms with Crippen LogP contribution in [0.3, 0.4) is 0 Å². The number of halogens is 3. The van der Waals surface area contributed by atoms with Crippen LogP contribution in [-0.2, 0) is 16.2 Å². The highest BCUT2D eigenvalue weighted by Crippen LogP contribution is 2.32. The molecule has 0 saturated carbocycles. The van der Waals surface area contributed by atoms with Gasteiger partial charge in [-0.25, -0.2) is 8.42 Å². The third-order valence-corrected chi connectivity index (χ3v) is 5.87. The first-order valence-corrected chi connectivity index (χ1v) is 8.78. The van der Waals surface area contributed by atoms with Gasteiger partial charge < -0.3 is 0 Å². The van der Waals surface area contributed by atoms with Gasteiger partial charge in [-0.3, -0.25) is 10.1 Å². The van der Waals surface area contributed by atoms with Crippen LogP contribution in [0.25, 0.3) is 0 Å². The number of non-ortho nitro benzene ring substituents is 1. The van der Waals surface area contributed by atoms with E-state index in [1.807, 2.05) is 0 Å². The van der Waals surface area contributed by atoms with E-state index in [1.165, 1.54) is 38.2 Å². The minimum atomic E-state index is -4.67. The van der Waals surface area contributed by atoms with Crippen molar-refractivity contribution >= 4 is 15.7 Å². The molecule has 0 aliphatic heterocycles. The summed E-state index contributed by atoms with van der Waals surface area (Å²) >= 11 is 0. The van der Waals surface area contributed by atoms with Gasteiger partial charge in [0.1, 0.15) is 0 Å². The van der Waals surface area contributed by atoms with Crippen LogP contribution in [-0.4, -0.2) is 24.7 Å². The number of nitro benzene ring substituents is 1. The van der Waals surface area contributed by atoms with Crippen molar-refractivity contribution in [1.29, 1.82) is 0 Å². The molecule has 0 bridgehead atoms. The molecule has 0 radical (unpaired) electrons. The molecule has 2 aromatic carbocycles. The van der Waals surface area contributed by atoms with E-state index >= 15 is 0 Å². The molecule has 140 valence electrons. The topological polar surface area (TPSA) is 80.5 Å². The lowest BCUT2D eigenvalue weighted by Gasteiger charge is -2.25. The van der Waals surface area contributed by atoms with E-state index in [0.717, 1.165) is 22.5 Å². The quantitative estimate of drug-likeness (QED) is 0.573. The molecule has 0 heterocycles. The van der Waals surface area contributed by atoms with Gasteiger partial charge >= 0.3 is 6.18 Å². The van der Waals surface area contributed by atoms with E-state index in [9.17, 15) is 31.7 Å². The Morgan fingerprint density at radius 2 is 1.73 bits per heavy atom. The molecule has 1 unspecified atom stereocenters. The van der Waals surface area contributed by atoms with Gasteiger partial charge in [0.15, 0.2) is 0 Å². The van der Waals surface area contributed by atoms with Crippen LogP contribution in [0.4, 0.5) is 18.9 Å². The minimum Gasteiger partial charge on any atom is -0.258 e. The summed E-state index contributed by atoms with van der Waals surface area (Å²) in [5, 5.41) is 10.9. The van der Waals surface area contributed by atoms with Gasteiger partial charge in [0, 0.05) is 25.2 Å². The molecule has 0 aliphatic carbocycles. The van der Waals surface area contributed by atoms with Crippen molar-refractivity contribution < 1.29 is 26.5 Å². The van der Waals surface area contributed by atoms with Crippen molar-refractivity contribution in [3.63, 3.8) is 0 Å². The Balaban J connectivity index is 2.40. The van der Waals surface area contributed by atoms with E-state index in [-0.39, 0.29) is 5.69 Å². The van der Waals surface area contributed by atoms with Crippen LogP contribution < -0.4 is 0 Å². The lowest BCUT2D eigenvalue weighted by molar-refractivity contribution is -0.384. The van der Waals surface area contributed by atoms with Gasteiger partial charge in [0.25, 0.3) is 5.69 Å². The van der Waals surface area contributed by atoms with Gasteiger partial charge in [0.2, 0.25) is 10.0 Å². The molecule has 6 nitrogen and oxygen atoms in total. The first kappa shape index (κ1) is 19.9. The lowest BCUT2D eigenvalue weighted by Crippen LogP contribution is -2.30. The Bertz CT molecular complexity index is 929. The van der Waals surface area contributed by atoms with E-state index in [0.29, 0.717) is 11.6 Å². The molecule has 0 fully saturated rings. The van der Waals surface area contributed by atoms with Crippen molar-refractivity contribution in [2.24, 2.45) is 0 Å². The van der Waals surface area contributed by atoms with Crippen LogP contribution in [0, 0.1) is 10.1 Å². The summed E-state index contributed by atoms with van der Waals surface area (Å²) in [5.74, 6) is 0. The third kappa shape index (κ3) is 4.02. The SMILES string of the molecule is CC(c1cccc([N+](=O)[O-])c1)N(C)S(=O)(=O)c1cccc(C(F)(F)F)c1. The van der Waals surface area contributed by atoms with Gasteiger partial charge in [-0.2, -0.15) is 17.5 Å². The van der Waals surface area contributed by atoms with Crippen LogP contribution in [0.1, 0.15) is 24.1 Å². The summed E-state index contributed by atoms with van der Waals surface area (Å²) in [7, 11) is -3.03. The van der Waals surface area contributed by atoms with Crippen LogP contribution in [0.15, 0.2) is 53.4 Å². The summed E-state index contributed by atoms with van der Waals surface area (Å²) in [5.41, 5.74) is -0.938. The number of sulfonamides is 1. The second kappa shape index (κ2) is 7.04. The zero-order chi connectivity index (χ0) is 19.7. The number of benzene rings is 2. The largest absolute Gasteiger partial charge is 0.416 e. The zero-order valence-corrected chi connectivity index (χ0v) is 14.6. The molecule has 0 amide bonds. The fraction of sp³-hybridized carbons (Fsp3) is 0.250. The Hall–Kier alpha value is -2.46. The van der Waals surface area contributed by atoms with E-state index in [2.05, 4.69) is 0 Å². The zero-order valence-electron chi connectivity index (χ0n) is 13.8. The summed E-state index contributed by atoms with van der Waals surface area (Å²) < 4.78 is 64.7. The van der Waals surface area contributed by atoms with Gasteiger partial charge in [0.05, 0.1) is 15.4 Å². The predicted molar refractivity (Wildman–Crippen MR) is 87.9 cm³/mol. The van der Waals surface area contributed by atoms with E-state index in [1.54, 1.807) is 0 Å². The molecular weight excluding hydrogens is 373 g/mol. The molecule has 26 heavy (non-hydrogen) atoms. The number of nitrogens with zero attached hydrogens (tertiary/aromatic N) is 2. The fourth-order valence-corrected chi connectivity index (χ4v) is 3.71. The molecule has 0 N–H and O–H groups in total. The second-order valence-electron chi connectivity index (χ2n) is 5.57. The van der Waals surface area contributed by atoms with E-state index < -0.39 is 37.6 Å². The second-order valence-corrected chi connectivity index (χ2v) is 7.57. The Morgan fingerprint density at radius 1 is 1.12 bits per heavy atom. The smallest absolute Gasteiger partial charge is 0.258 e. The Morgan fingerprint density at radius 3 is 2.31 bits per heavy atom. The molecule has 10 heteroatoms. The molecule has 0 spiro atoms. The fourth-order valence-electron chi connectivity index (χ4n) is 2.32. The standard InChI is InChI=1S/C16H15F3N2O4S/c1-11(12-5-3-7-14(9-12)21(22)23)20(2)26(24,25)15-8-4-6-13(10-15)16(17,18)19/h3-11H,1-2H3. The predicted octanol–water partition coefficient (Wildman–Crippen LogP) is 4.00. The highest BCUT2D eigenvalue weighted by Gasteiger charge is 2.33. The van der Waals surface area contributed by atoms with Crippen molar-refractivity contribution in [2.45, 2.75) is 24.0 Å². The third-order valence-electron chi connectivity index (χ3n) is 3.95. The summed E-state index contributed by atoms with van der Waals surface area (Å²) in [6.07, 6.45) is -4.67. The molecule has 2 rings (SSSR count). The molecule has 2 aromatic rings. The summed E-state index contributed by atoms with van der Waals surface area (Å²) in [4.78, 5) is 9.74. The van der Waals surface area contributed by atoms with Crippen LogP contribution >= 0.6 is 0 Å². The highest BCUT2D eigenvalue weighted by atomic mass is 32.2. The normalized spacial score (nSPS) is 13.6. The average molecular weight is 388 g/mol. The number of nitro groups is 1. The molecule has 0 saturated heterocycles. The maximum absolute atomic E-state index is 12.8. The maximum atomic E-state index is 12.8. The number of rotatable bonds is 5. The first-order valence-electron chi connectivity index (χ1n) is 7.34. The van der Waals surface area contributed by atoms with Crippen LogP contribution in [0.5, 0.6) is 0 Å². The first-order chi connectivity index (χ1) is 11.9. The monoisotopic (exact) mass is 388 g/mol. The van der Waals surface area contributed by atoms with Gasteiger partial charge in [-0.15, -0.1) is 0 Å². The van der Waals surface area contributed by atoms with Crippen molar-refractivity contribution in [1.82, 2.24) is 4.31 Å². The Kier molecular flexibility index (Phi) is 5.38. The number of hydrogen-bond acceptors (Lipinski definition) is 4. The molecule has 0 aromatic heterocycles. The minimum absolute atomic E-state index is 0.209. The Labute approximate surface area is 148 Å². The summed E-state index contributed by atoms with van der Waals surface area (Å²) in [6, 6.07) is 8.01. The van der Waals surface area contributed by atoms with Crippen molar-refractivity contribution in [2.75, 3.05) is 7.05 Å². The lowest BCUT2D eigenvalue weighted by atomic mass is 10.1. The van der Waals surface area contributed by atoms with Crippen molar-refractivity contribution in [3.05, 3.63) is 69.8 Å². The van der Waals surface area contributed by atoms with Gasteiger partial charge in [-0.1, -0.05) is 18.2 Å². The highest BCUT2D eigenvalue weighted by molar-refractivity contribution is 7.89. The molecule has 1 atom stereocenters. The molecule has 0 aliphatic rings. The van der Waals surface area contributed by atoms with Crippen molar-refractivity contribution in [3.8, 4) is 0 Å². The van der Waals surface area contributed by atoms with E-state index in [4.69, 9.17) is 0 Å². The van der Waals surface area contributed by atoms with Crippen LogP contribution in [0.2, 0.25) is 0 Å². The summed E-state index contributed by atoms with van der Waals surface area (Å²) in [6.45, 7) is 1.49. The number of hydrogen-bond donors (Lipinski definition) is 0. The molecular formula is C16H15F3N2O4S. The number of alkyl halides is 3. The maximum Gasteiger partial charge on any atom is 0.416 e.